The lowest BCUT2D eigenvalue weighted by Crippen LogP contribution is -2.36. The predicted octanol–water partition coefficient (Wildman–Crippen LogP) is 0.757. The van der Waals surface area contributed by atoms with Crippen LogP contribution in [0.25, 0.3) is 0 Å². The van der Waals surface area contributed by atoms with Gasteiger partial charge < -0.3 is 10.4 Å². The third kappa shape index (κ3) is 5.33. The first-order valence-corrected chi connectivity index (χ1v) is 9.74. The molecule has 2 N–H and O–H groups in total. The minimum absolute atomic E-state index is 0.0377. The lowest BCUT2D eigenvalue weighted by atomic mass is 10.1. The van der Waals surface area contributed by atoms with E-state index in [0.717, 1.165) is 5.56 Å². The molecule has 0 saturated carbocycles. The van der Waals surface area contributed by atoms with Crippen molar-refractivity contribution in [3.8, 4) is 0 Å². The molecule has 5 nitrogen and oxygen atoms in total. The molecule has 0 radical (unpaired) electrons. The molecule has 0 bridgehead atoms. The largest absolute Gasteiger partial charge is 0.388 e. The van der Waals surface area contributed by atoms with Crippen LogP contribution in [0.1, 0.15) is 18.1 Å². The van der Waals surface area contributed by atoms with Gasteiger partial charge in [-0.1, -0.05) is 30.3 Å². The van der Waals surface area contributed by atoms with Gasteiger partial charge >= 0.3 is 0 Å². The Kier molecular flexibility index (Phi) is 5.66. The molecule has 0 spiro atoms. The monoisotopic (exact) mass is 329 g/mol. The highest BCUT2D eigenvalue weighted by molar-refractivity contribution is 7.99. The van der Waals surface area contributed by atoms with Crippen molar-refractivity contribution in [3.05, 3.63) is 35.9 Å². The topological polar surface area (TPSA) is 83.5 Å². The van der Waals surface area contributed by atoms with Gasteiger partial charge in [0.25, 0.3) is 0 Å². The Hall–Kier alpha value is -1.05. The molecule has 2 atom stereocenters. The third-order valence-electron chi connectivity index (χ3n) is 3.29. The van der Waals surface area contributed by atoms with E-state index in [2.05, 4.69) is 5.32 Å². The molecule has 2 rings (SSSR count). The van der Waals surface area contributed by atoms with Gasteiger partial charge in [0.05, 0.1) is 23.4 Å². The Labute approximate surface area is 129 Å². The van der Waals surface area contributed by atoms with Crippen molar-refractivity contribution in [3.63, 3.8) is 0 Å². The molecule has 7 heteroatoms. The fourth-order valence-corrected chi connectivity index (χ4v) is 4.69. The summed E-state index contributed by atoms with van der Waals surface area (Å²) in [5.74, 6) is 0.664. The summed E-state index contributed by atoms with van der Waals surface area (Å²) in [6.45, 7) is 0. The van der Waals surface area contributed by atoms with Crippen molar-refractivity contribution in [1.82, 2.24) is 5.32 Å². The maximum Gasteiger partial charge on any atom is 0.230 e. The van der Waals surface area contributed by atoms with Crippen molar-refractivity contribution >= 4 is 27.5 Å². The molecule has 0 aromatic heterocycles. The minimum atomic E-state index is -2.97. The van der Waals surface area contributed by atoms with Crippen LogP contribution in [-0.4, -0.2) is 48.5 Å². The maximum absolute atomic E-state index is 11.7. The first-order valence-electron chi connectivity index (χ1n) is 6.77. The van der Waals surface area contributed by atoms with Crippen LogP contribution in [0.5, 0.6) is 0 Å². The summed E-state index contributed by atoms with van der Waals surface area (Å²) >= 11 is 1.34. The molecule has 1 aliphatic heterocycles. The highest BCUT2D eigenvalue weighted by Gasteiger charge is 2.28. The molecule has 1 heterocycles. The zero-order valence-corrected chi connectivity index (χ0v) is 13.2. The van der Waals surface area contributed by atoms with Gasteiger partial charge in [0.2, 0.25) is 5.91 Å². The molecule has 1 aromatic carbocycles. The van der Waals surface area contributed by atoms with Gasteiger partial charge in [-0.2, -0.15) is 0 Å². The van der Waals surface area contributed by atoms with E-state index in [1.54, 1.807) is 0 Å². The molecule has 1 amide bonds. The highest BCUT2D eigenvalue weighted by atomic mass is 32.2. The maximum atomic E-state index is 11.7. The van der Waals surface area contributed by atoms with Gasteiger partial charge in [0.15, 0.2) is 9.84 Å². The van der Waals surface area contributed by atoms with E-state index in [1.165, 1.54) is 11.8 Å². The molecule has 1 aliphatic rings. The molecule has 0 aliphatic carbocycles. The summed E-state index contributed by atoms with van der Waals surface area (Å²) in [5, 5.41) is 12.7. The van der Waals surface area contributed by atoms with Gasteiger partial charge in [-0.3, -0.25) is 4.79 Å². The number of nitrogens with one attached hydrogen (secondary N) is 1. The Bertz CT molecular complexity index is 574. The standard InChI is InChI=1S/C14H19NO4S2/c16-13(11-4-2-1-3-5-11)8-20-9-14(17)15-12-6-7-21(18,19)10-12/h1-5,12-13,16H,6-10H2,(H,15,17). The number of carbonyl (C=O) groups excluding carboxylic acids is 1. The minimum Gasteiger partial charge on any atom is -0.388 e. The Morgan fingerprint density at radius 1 is 1.38 bits per heavy atom. The van der Waals surface area contributed by atoms with Crippen LogP contribution in [0.2, 0.25) is 0 Å². The Morgan fingerprint density at radius 3 is 2.71 bits per heavy atom. The van der Waals surface area contributed by atoms with E-state index < -0.39 is 15.9 Å². The van der Waals surface area contributed by atoms with Crippen molar-refractivity contribution in [2.75, 3.05) is 23.0 Å². The number of aliphatic hydroxyl groups is 1. The average molecular weight is 329 g/mol. The molecule has 21 heavy (non-hydrogen) atoms. The van der Waals surface area contributed by atoms with Gasteiger partial charge in [0, 0.05) is 11.8 Å². The van der Waals surface area contributed by atoms with E-state index in [0.29, 0.717) is 12.2 Å². The smallest absolute Gasteiger partial charge is 0.230 e. The molecule has 116 valence electrons. The zero-order valence-electron chi connectivity index (χ0n) is 11.6. The SMILES string of the molecule is O=C(CSCC(O)c1ccccc1)NC1CCS(=O)(=O)C1. The second kappa shape index (κ2) is 7.29. The summed E-state index contributed by atoms with van der Waals surface area (Å²) in [6, 6.07) is 9.02. The number of sulfone groups is 1. The van der Waals surface area contributed by atoms with Crippen molar-refractivity contribution in [1.29, 1.82) is 0 Å². The summed E-state index contributed by atoms with van der Waals surface area (Å²) in [4.78, 5) is 11.7. The number of benzene rings is 1. The van der Waals surface area contributed by atoms with E-state index in [1.807, 2.05) is 30.3 Å². The third-order valence-corrected chi connectivity index (χ3v) is 6.08. The molecule has 1 fully saturated rings. The number of thioether (sulfide) groups is 1. The summed E-state index contributed by atoms with van der Waals surface area (Å²) in [6.07, 6.45) is -0.110. The summed E-state index contributed by atoms with van der Waals surface area (Å²) in [7, 11) is -2.97. The number of carbonyl (C=O) groups is 1. The predicted molar refractivity (Wildman–Crippen MR) is 83.9 cm³/mol. The molecular formula is C14H19NO4S2. The number of aliphatic hydroxyl groups excluding tert-OH is 1. The Balaban J connectivity index is 1.68. The van der Waals surface area contributed by atoms with Gasteiger partial charge in [-0.05, 0) is 12.0 Å². The van der Waals surface area contributed by atoms with E-state index in [9.17, 15) is 18.3 Å². The van der Waals surface area contributed by atoms with Gasteiger partial charge in [-0.25, -0.2) is 8.42 Å². The fourth-order valence-electron chi connectivity index (χ4n) is 2.21. The number of hydrogen-bond donors (Lipinski definition) is 2. The number of amides is 1. The second-order valence-corrected chi connectivity index (χ2v) is 8.37. The van der Waals surface area contributed by atoms with Crippen LogP contribution in [-0.2, 0) is 14.6 Å². The first-order chi connectivity index (χ1) is 9.96. The van der Waals surface area contributed by atoms with Gasteiger partial charge in [0.1, 0.15) is 0 Å². The van der Waals surface area contributed by atoms with Crippen molar-refractivity contribution in [2.24, 2.45) is 0 Å². The van der Waals surface area contributed by atoms with Crippen LogP contribution >= 0.6 is 11.8 Å². The number of hydrogen-bond acceptors (Lipinski definition) is 5. The highest BCUT2D eigenvalue weighted by Crippen LogP contribution is 2.18. The normalized spacial score (nSPS) is 21.9. The quantitative estimate of drug-likeness (QED) is 0.805. The van der Waals surface area contributed by atoms with E-state index in [-0.39, 0.29) is 29.2 Å². The molecule has 1 aromatic rings. The van der Waals surface area contributed by atoms with Crippen LogP contribution in [0.4, 0.5) is 0 Å². The second-order valence-electron chi connectivity index (χ2n) is 5.11. The van der Waals surface area contributed by atoms with Crippen LogP contribution in [0.3, 0.4) is 0 Å². The van der Waals surface area contributed by atoms with Gasteiger partial charge in [-0.15, -0.1) is 11.8 Å². The molecular weight excluding hydrogens is 310 g/mol. The zero-order chi connectivity index (χ0) is 15.3. The van der Waals surface area contributed by atoms with Crippen LogP contribution in [0, 0.1) is 0 Å². The van der Waals surface area contributed by atoms with Crippen molar-refractivity contribution < 1.29 is 18.3 Å². The van der Waals surface area contributed by atoms with Crippen LogP contribution in [0.15, 0.2) is 30.3 Å². The summed E-state index contributed by atoms with van der Waals surface area (Å²) < 4.78 is 22.6. The van der Waals surface area contributed by atoms with Crippen LogP contribution < -0.4 is 5.32 Å². The number of rotatable bonds is 6. The first kappa shape index (κ1) is 16.3. The fraction of sp³-hybridized carbons (Fsp3) is 0.500. The van der Waals surface area contributed by atoms with E-state index >= 15 is 0 Å². The Morgan fingerprint density at radius 2 is 2.10 bits per heavy atom. The molecule has 2 unspecified atom stereocenters. The molecule has 1 saturated heterocycles. The van der Waals surface area contributed by atoms with E-state index in [4.69, 9.17) is 0 Å². The average Bonchev–Trinajstić information content (AvgIpc) is 2.78. The lowest BCUT2D eigenvalue weighted by molar-refractivity contribution is -0.119. The summed E-state index contributed by atoms with van der Waals surface area (Å²) in [5.41, 5.74) is 0.826. The lowest BCUT2D eigenvalue weighted by Gasteiger charge is -2.12. The van der Waals surface area contributed by atoms with Crippen molar-refractivity contribution in [2.45, 2.75) is 18.6 Å².